The van der Waals surface area contributed by atoms with E-state index in [1.165, 1.54) is 0 Å². The third kappa shape index (κ3) is 2.49. The highest BCUT2D eigenvalue weighted by molar-refractivity contribution is 7.29. The van der Waals surface area contributed by atoms with Crippen LogP contribution in [0.1, 0.15) is 0 Å². The minimum atomic E-state index is -0.647. The van der Waals surface area contributed by atoms with Crippen LogP contribution in [0.15, 0.2) is 0 Å². The van der Waals surface area contributed by atoms with E-state index in [-0.39, 0.29) is 0 Å². The number of rotatable bonds is 1. The van der Waals surface area contributed by atoms with E-state index in [4.69, 9.17) is 4.57 Å². The zero-order valence-electron chi connectivity index (χ0n) is 1.89. The van der Waals surface area contributed by atoms with Crippen LogP contribution in [0, 0.1) is 0 Å². The van der Waals surface area contributed by atoms with Gasteiger partial charge in [0.25, 0.3) is 0 Å². The largest absolute Gasteiger partial charge is 0.496 e. The molecule has 0 N–H and O–H groups in total. The Morgan fingerprint density at radius 2 is 2.25 bits per heavy atom. The molecule has 2 unspecified atom stereocenters. The molecular formula is H3O2P2+. The van der Waals surface area contributed by atoms with Crippen LogP contribution in [0.5, 0.6) is 0 Å². The fourth-order valence-electron chi connectivity index (χ4n) is 0. The van der Waals surface area contributed by atoms with Crippen molar-refractivity contribution in [3.05, 3.63) is 0 Å². The molecule has 0 aliphatic rings. The molecule has 0 aliphatic heterocycles. The summed E-state index contributed by atoms with van der Waals surface area (Å²) in [6.07, 6.45) is 0. The second kappa shape index (κ2) is 3.49. The summed E-state index contributed by atoms with van der Waals surface area (Å²) in [5.74, 6) is 0. The molecule has 0 saturated heterocycles. The molecule has 2 atom stereocenters. The second-order valence-corrected chi connectivity index (χ2v) is 1.31. The lowest BCUT2D eigenvalue weighted by molar-refractivity contribution is 0.552. The predicted octanol–water partition coefficient (Wildman–Crippen LogP) is 0.732. The minimum absolute atomic E-state index is 0.647. The Labute approximate surface area is 28.1 Å². The van der Waals surface area contributed by atoms with Crippen molar-refractivity contribution < 1.29 is 8.88 Å². The van der Waals surface area contributed by atoms with Crippen molar-refractivity contribution in [2.45, 2.75) is 0 Å². The fourth-order valence-corrected chi connectivity index (χ4v) is 0. The zero-order chi connectivity index (χ0) is 3.41. The molecule has 0 radical (unpaired) electrons. The van der Waals surface area contributed by atoms with Crippen LogP contribution in [-0.2, 0) is 8.88 Å². The first-order valence-electron chi connectivity index (χ1n) is 0.644. The maximum atomic E-state index is 9.08. The first-order chi connectivity index (χ1) is 1.91. The van der Waals surface area contributed by atoms with Crippen LogP contribution in [-0.4, -0.2) is 0 Å². The summed E-state index contributed by atoms with van der Waals surface area (Å²) in [6.45, 7) is 0. The van der Waals surface area contributed by atoms with Gasteiger partial charge in [-0.25, -0.2) is 0 Å². The van der Waals surface area contributed by atoms with Gasteiger partial charge in [0.2, 0.25) is 0 Å². The highest BCUT2D eigenvalue weighted by Gasteiger charge is 1.66. The molecule has 4 heteroatoms. The first-order valence-corrected chi connectivity index (χ1v) is 1.93. The summed E-state index contributed by atoms with van der Waals surface area (Å²) in [7, 11) is 1.21. The van der Waals surface area contributed by atoms with E-state index in [9.17, 15) is 0 Å². The second-order valence-electron chi connectivity index (χ2n) is 0.201. The van der Waals surface area contributed by atoms with Crippen molar-refractivity contribution in [3.8, 4) is 0 Å². The predicted molar refractivity (Wildman–Crippen MR) is 19.8 cm³/mol. The van der Waals surface area contributed by atoms with Crippen molar-refractivity contribution >= 4 is 18.2 Å². The maximum absolute atomic E-state index is 9.08. The maximum Gasteiger partial charge on any atom is 0.496 e. The van der Waals surface area contributed by atoms with Gasteiger partial charge in [-0.05, 0) is 4.57 Å². The summed E-state index contributed by atoms with van der Waals surface area (Å²) < 4.78 is 13.0. The van der Waals surface area contributed by atoms with Crippen LogP contribution in [0.25, 0.3) is 0 Å². The molecule has 0 aromatic carbocycles. The van der Waals surface area contributed by atoms with Crippen molar-refractivity contribution in [1.29, 1.82) is 0 Å². The van der Waals surface area contributed by atoms with Crippen LogP contribution in [0.3, 0.4) is 0 Å². The lowest BCUT2D eigenvalue weighted by Crippen LogP contribution is -1.19. The number of hydrogen-bond donors (Lipinski definition) is 0. The molecule has 0 aromatic rings. The zero-order valence-corrected chi connectivity index (χ0v) is 4.05. The van der Waals surface area contributed by atoms with E-state index in [0.717, 1.165) is 0 Å². The lowest BCUT2D eigenvalue weighted by Gasteiger charge is -1.44. The Hall–Kier alpha value is 0.490. The molecule has 0 saturated carbocycles. The van der Waals surface area contributed by atoms with Gasteiger partial charge in [-0.1, -0.05) is 0 Å². The Kier molecular flexibility index (Phi) is 3.92. The topological polar surface area (TPSA) is 26.3 Å². The van der Waals surface area contributed by atoms with Gasteiger partial charge < -0.3 is 0 Å². The Morgan fingerprint density at radius 1 is 2.00 bits per heavy atom. The molecule has 2 nitrogen and oxygen atoms in total. The van der Waals surface area contributed by atoms with Crippen molar-refractivity contribution in [2.24, 2.45) is 0 Å². The van der Waals surface area contributed by atoms with Crippen LogP contribution < -0.4 is 0 Å². The summed E-state index contributed by atoms with van der Waals surface area (Å²) in [6, 6.07) is 0. The molecule has 0 bridgehead atoms. The van der Waals surface area contributed by atoms with Gasteiger partial charge in [0, 0.05) is 0 Å². The van der Waals surface area contributed by atoms with Crippen molar-refractivity contribution in [2.75, 3.05) is 0 Å². The van der Waals surface area contributed by atoms with E-state index >= 15 is 0 Å². The SMILES string of the molecule is O=[PH+]OP. The fraction of sp³-hybridized carbons (Fsp3) is 0. The van der Waals surface area contributed by atoms with Gasteiger partial charge in [0.1, 0.15) is 0 Å². The van der Waals surface area contributed by atoms with E-state index in [0.29, 0.717) is 0 Å². The smallest absolute Gasteiger partial charge is 0.135 e. The molecule has 0 fully saturated rings. The lowest BCUT2D eigenvalue weighted by atomic mass is 15.8. The van der Waals surface area contributed by atoms with Gasteiger partial charge in [0.15, 0.2) is 0 Å². The first kappa shape index (κ1) is 4.49. The molecule has 0 spiro atoms. The Morgan fingerprint density at radius 3 is 2.25 bits per heavy atom. The highest BCUT2D eigenvalue weighted by atomic mass is 31.1. The molecular weight excluding hydrogens is 93.9 g/mol. The molecule has 0 rings (SSSR count). The van der Waals surface area contributed by atoms with Crippen LogP contribution >= 0.6 is 18.2 Å². The molecule has 0 aromatic heterocycles. The number of hydrogen-bond acceptors (Lipinski definition) is 2. The Balaban J connectivity index is 2.30. The molecule has 0 amide bonds. The summed E-state index contributed by atoms with van der Waals surface area (Å²) in [5.41, 5.74) is 0. The minimum Gasteiger partial charge on any atom is -0.135 e. The molecule has 24 valence electrons. The normalized spacial score (nSPS) is 8.25. The van der Waals surface area contributed by atoms with Gasteiger partial charge >= 0.3 is 8.69 Å². The van der Waals surface area contributed by atoms with Crippen molar-refractivity contribution in [1.82, 2.24) is 0 Å². The Bertz CT molecular complexity index is 18.0. The average molecular weight is 97.0 g/mol. The third-order valence-corrected chi connectivity index (χ3v) is 0.433. The third-order valence-electron chi connectivity index (χ3n) is 0.0481. The monoisotopic (exact) mass is 97.0 g/mol. The van der Waals surface area contributed by atoms with Crippen LogP contribution in [0.4, 0.5) is 0 Å². The van der Waals surface area contributed by atoms with Gasteiger partial charge in [-0.3, -0.25) is 0 Å². The summed E-state index contributed by atoms with van der Waals surface area (Å²) in [5, 5.41) is 0. The molecule has 4 heavy (non-hydrogen) atoms. The van der Waals surface area contributed by atoms with Gasteiger partial charge in [-0.15, -0.1) is 4.31 Å². The van der Waals surface area contributed by atoms with E-state index < -0.39 is 8.69 Å². The van der Waals surface area contributed by atoms with Gasteiger partial charge in [0.05, 0.1) is 9.47 Å². The molecule has 0 aliphatic carbocycles. The highest BCUT2D eigenvalue weighted by Crippen LogP contribution is 1.98. The summed E-state index contributed by atoms with van der Waals surface area (Å²) in [4.78, 5) is 0. The molecule has 0 heterocycles. The standard InChI is InChI=1S/H3O2P2/c1-4-2-3/h4H,3H2/q+1. The summed E-state index contributed by atoms with van der Waals surface area (Å²) >= 11 is 0. The van der Waals surface area contributed by atoms with E-state index in [1.54, 1.807) is 0 Å². The van der Waals surface area contributed by atoms with E-state index in [2.05, 4.69) is 4.31 Å². The quantitative estimate of drug-likeness (QED) is 0.451. The average Bonchev–Trinajstić information content (AvgIpc) is 1.37. The van der Waals surface area contributed by atoms with Crippen LogP contribution in [0.2, 0.25) is 0 Å². The van der Waals surface area contributed by atoms with Crippen molar-refractivity contribution in [3.63, 3.8) is 0 Å². The van der Waals surface area contributed by atoms with E-state index in [1.807, 2.05) is 9.47 Å². The van der Waals surface area contributed by atoms with Gasteiger partial charge in [-0.2, -0.15) is 0 Å².